The number of rotatable bonds is 6. The Morgan fingerprint density at radius 3 is 2.25 bits per heavy atom. The van der Waals surface area contributed by atoms with Crippen molar-refractivity contribution >= 4 is 0 Å². The van der Waals surface area contributed by atoms with E-state index in [2.05, 4.69) is 0 Å². The second kappa shape index (κ2) is 7.17. The molecule has 2 atom stereocenters. The first-order valence-electron chi connectivity index (χ1n) is 6.70. The Morgan fingerprint density at radius 1 is 1.00 bits per heavy atom. The molecule has 0 aromatic heterocycles. The summed E-state index contributed by atoms with van der Waals surface area (Å²) in [6.45, 7) is 0.567. The minimum absolute atomic E-state index is 0.0680. The number of hydrogen-bond acceptors (Lipinski definition) is 2. The Labute approximate surface area is 118 Å². The van der Waals surface area contributed by atoms with E-state index in [4.69, 9.17) is 4.74 Å². The fraction of sp³-hybridized carbons (Fsp3) is 0.294. The molecule has 0 spiro atoms. The van der Waals surface area contributed by atoms with Gasteiger partial charge in [0.1, 0.15) is 5.82 Å². The standard InChI is InChI=1S/C17H19FO2/c1-20-12-11-16(13-5-3-2-4-6-13)17(19)14-7-9-15(18)10-8-14/h2-10,16-17,19H,11-12H2,1H3/t16-,17+/m1/s1. The van der Waals surface area contributed by atoms with Crippen molar-refractivity contribution in [3.63, 3.8) is 0 Å². The fourth-order valence-corrected chi connectivity index (χ4v) is 2.34. The Balaban J connectivity index is 2.23. The number of benzene rings is 2. The molecule has 0 saturated heterocycles. The predicted molar refractivity (Wildman–Crippen MR) is 77.0 cm³/mol. The van der Waals surface area contributed by atoms with Crippen LogP contribution in [0.2, 0.25) is 0 Å². The van der Waals surface area contributed by atoms with Crippen LogP contribution in [0.4, 0.5) is 4.39 Å². The Kier molecular flexibility index (Phi) is 5.27. The van der Waals surface area contributed by atoms with Gasteiger partial charge in [0.2, 0.25) is 0 Å². The maximum absolute atomic E-state index is 13.0. The molecule has 20 heavy (non-hydrogen) atoms. The van der Waals surface area contributed by atoms with Gasteiger partial charge in [-0.2, -0.15) is 0 Å². The van der Waals surface area contributed by atoms with Crippen molar-refractivity contribution in [3.8, 4) is 0 Å². The van der Waals surface area contributed by atoms with E-state index >= 15 is 0 Å². The van der Waals surface area contributed by atoms with Gasteiger partial charge in [-0.1, -0.05) is 42.5 Å². The van der Waals surface area contributed by atoms with Crippen LogP contribution in [0.1, 0.15) is 29.6 Å². The number of methoxy groups -OCH3 is 1. The largest absolute Gasteiger partial charge is 0.388 e. The van der Waals surface area contributed by atoms with E-state index in [0.717, 1.165) is 11.1 Å². The van der Waals surface area contributed by atoms with Crippen molar-refractivity contribution in [2.75, 3.05) is 13.7 Å². The Morgan fingerprint density at radius 2 is 1.65 bits per heavy atom. The van der Waals surface area contributed by atoms with E-state index in [9.17, 15) is 9.50 Å². The first-order chi connectivity index (χ1) is 9.72. The van der Waals surface area contributed by atoms with Crippen LogP contribution in [0.25, 0.3) is 0 Å². The van der Waals surface area contributed by atoms with Crippen LogP contribution in [-0.4, -0.2) is 18.8 Å². The third-order valence-electron chi connectivity index (χ3n) is 3.45. The lowest BCUT2D eigenvalue weighted by molar-refractivity contribution is 0.114. The van der Waals surface area contributed by atoms with Gasteiger partial charge in [-0.3, -0.25) is 0 Å². The number of halogens is 1. The molecule has 3 heteroatoms. The molecule has 106 valence electrons. The van der Waals surface area contributed by atoms with Crippen LogP contribution in [0.3, 0.4) is 0 Å². The minimum atomic E-state index is -0.673. The second-order valence-electron chi connectivity index (χ2n) is 4.80. The van der Waals surface area contributed by atoms with Gasteiger partial charge in [-0.05, 0) is 29.7 Å². The summed E-state index contributed by atoms with van der Waals surface area (Å²) in [5.74, 6) is -0.365. The smallest absolute Gasteiger partial charge is 0.123 e. The average molecular weight is 274 g/mol. The highest BCUT2D eigenvalue weighted by Crippen LogP contribution is 2.33. The van der Waals surface area contributed by atoms with E-state index in [1.54, 1.807) is 19.2 Å². The Bertz CT molecular complexity index is 510. The van der Waals surface area contributed by atoms with E-state index in [-0.39, 0.29) is 11.7 Å². The zero-order valence-corrected chi connectivity index (χ0v) is 11.5. The molecule has 2 nitrogen and oxygen atoms in total. The predicted octanol–water partition coefficient (Wildman–Crippen LogP) is 3.68. The highest BCUT2D eigenvalue weighted by Gasteiger charge is 2.22. The molecule has 0 aliphatic carbocycles. The molecular formula is C17H19FO2. The lowest BCUT2D eigenvalue weighted by atomic mass is 9.87. The summed E-state index contributed by atoms with van der Waals surface area (Å²) in [5, 5.41) is 10.6. The molecule has 0 radical (unpaired) electrons. The lowest BCUT2D eigenvalue weighted by Gasteiger charge is -2.23. The van der Waals surface area contributed by atoms with Gasteiger partial charge in [0, 0.05) is 19.6 Å². The van der Waals surface area contributed by atoms with E-state index < -0.39 is 6.10 Å². The molecular weight excluding hydrogens is 255 g/mol. The van der Waals surface area contributed by atoms with E-state index in [1.807, 2.05) is 30.3 Å². The maximum Gasteiger partial charge on any atom is 0.123 e. The van der Waals surface area contributed by atoms with Crippen molar-refractivity contribution in [1.29, 1.82) is 0 Å². The molecule has 0 unspecified atom stereocenters. The van der Waals surface area contributed by atoms with Crippen molar-refractivity contribution in [2.45, 2.75) is 18.4 Å². The third-order valence-corrected chi connectivity index (χ3v) is 3.45. The molecule has 0 heterocycles. The highest BCUT2D eigenvalue weighted by atomic mass is 19.1. The molecule has 2 aromatic carbocycles. The number of aliphatic hydroxyl groups excluding tert-OH is 1. The van der Waals surface area contributed by atoms with Crippen molar-refractivity contribution in [1.82, 2.24) is 0 Å². The van der Waals surface area contributed by atoms with Crippen LogP contribution in [-0.2, 0) is 4.74 Å². The molecule has 0 aliphatic rings. The summed E-state index contributed by atoms with van der Waals surface area (Å²) in [6.07, 6.45) is 0.0344. The van der Waals surface area contributed by atoms with E-state index in [1.165, 1.54) is 12.1 Å². The lowest BCUT2D eigenvalue weighted by Crippen LogP contribution is -2.13. The number of hydrogen-bond donors (Lipinski definition) is 1. The molecule has 2 aromatic rings. The molecule has 0 bridgehead atoms. The van der Waals surface area contributed by atoms with Crippen LogP contribution < -0.4 is 0 Å². The monoisotopic (exact) mass is 274 g/mol. The summed E-state index contributed by atoms with van der Waals surface area (Å²) in [7, 11) is 1.65. The summed E-state index contributed by atoms with van der Waals surface area (Å²) in [5.41, 5.74) is 1.78. The second-order valence-corrected chi connectivity index (χ2v) is 4.80. The molecule has 0 aliphatic heterocycles. The zero-order chi connectivity index (χ0) is 14.4. The number of aliphatic hydroxyl groups is 1. The third kappa shape index (κ3) is 3.65. The van der Waals surface area contributed by atoms with Crippen LogP contribution in [0.5, 0.6) is 0 Å². The first kappa shape index (κ1) is 14.7. The van der Waals surface area contributed by atoms with Crippen LogP contribution in [0, 0.1) is 5.82 Å². The summed E-state index contributed by atoms with van der Waals surface area (Å²) >= 11 is 0. The molecule has 0 fully saturated rings. The number of ether oxygens (including phenoxy) is 1. The van der Waals surface area contributed by atoms with Gasteiger partial charge in [0.15, 0.2) is 0 Å². The Hall–Kier alpha value is -1.71. The van der Waals surface area contributed by atoms with Gasteiger partial charge in [-0.15, -0.1) is 0 Å². The van der Waals surface area contributed by atoms with Gasteiger partial charge < -0.3 is 9.84 Å². The topological polar surface area (TPSA) is 29.5 Å². The molecule has 2 rings (SSSR count). The maximum atomic E-state index is 13.0. The molecule has 0 amide bonds. The van der Waals surface area contributed by atoms with Crippen molar-refractivity contribution < 1.29 is 14.2 Å². The average Bonchev–Trinajstić information content (AvgIpc) is 2.49. The van der Waals surface area contributed by atoms with Gasteiger partial charge >= 0.3 is 0 Å². The van der Waals surface area contributed by atoms with Crippen LogP contribution >= 0.6 is 0 Å². The van der Waals surface area contributed by atoms with Gasteiger partial charge in [0.05, 0.1) is 6.10 Å². The fourth-order valence-electron chi connectivity index (χ4n) is 2.34. The van der Waals surface area contributed by atoms with Gasteiger partial charge in [-0.25, -0.2) is 4.39 Å². The van der Waals surface area contributed by atoms with Crippen molar-refractivity contribution in [2.24, 2.45) is 0 Å². The quantitative estimate of drug-likeness (QED) is 0.870. The van der Waals surface area contributed by atoms with Crippen molar-refractivity contribution in [3.05, 3.63) is 71.5 Å². The summed E-state index contributed by atoms with van der Waals surface area (Å²) in [6, 6.07) is 15.8. The van der Waals surface area contributed by atoms with E-state index in [0.29, 0.717) is 13.0 Å². The summed E-state index contributed by atoms with van der Waals surface area (Å²) < 4.78 is 18.1. The zero-order valence-electron chi connectivity index (χ0n) is 11.5. The summed E-state index contributed by atoms with van der Waals surface area (Å²) in [4.78, 5) is 0. The SMILES string of the molecule is COCC[C@H](c1ccccc1)[C@@H](O)c1ccc(F)cc1. The first-order valence-corrected chi connectivity index (χ1v) is 6.70. The van der Waals surface area contributed by atoms with Gasteiger partial charge in [0.25, 0.3) is 0 Å². The minimum Gasteiger partial charge on any atom is -0.388 e. The molecule has 1 N–H and O–H groups in total. The van der Waals surface area contributed by atoms with Crippen LogP contribution in [0.15, 0.2) is 54.6 Å². The molecule has 0 saturated carbocycles. The normalized spacial score (nSPS) is 13.9. The highest BCUT2D eigenvalue weighted by molar-refractivity contribution is 5.27.